The number of halogens is 1. The number of benzene rings is 1. The second kappa shape index (κ2) is 4.37. The van der Waals surface area contributed by atoms with Gasteiger partial charge in [0.25, 0.3) is 0 Å². The van der Waals surface area contributed by atoms with Crippen molar-refractivity contribution in [2.24, 2.45) is 0 Å². The van der Waals surface area contributed by atoms with Gasteiger partial charge in [-0.2, -0.15) is 9.78 Å². The van der Waals surface area contributed by atoms with Gasteiger partial charge < -0.3 is 5.32 Å². The Labute approximate surface area is 97.8 Å². The van der Waals surface area contributed by atoms with E-state index in [-0.39, 0.29) is 6.03 Å². The second-order valence-corrected chi connectivity index (χ2v) is 3.78. The van der Waals surface area contributed by atoms with Crippen LogP contribution in [0.5, 0.6) is 0 Å². The highest BCUT2D eigenvalue weighted by Gasteiger charge is 2.05. The Morgan fingerprint density at radius 2 is 2.25 bits per heavy atom. The minimum Gasteiger partial charge on any atom is -0.306 e. The molecule has 16 heavy (non-hydrogen) atoms. The molecule has 0 bridgehead atoms. The topological polar surface area (TPSA) is 46.9 Å². The van der Waals surface area contributed by atoms with Gasteiger partial charge in [-0.05, 0) is 31.2 Å². The van der Waals surface area contributed by atoms with E-state index in [9.17, 15) is 4.79 Å². The van der Waals surface area contributed by atoms with Crippen LogP contribution in [0.2, 0.25) is 5.02 Å². The summed E-state index contributed by atoms with van der Waals surface area (Å²) < 4.78 is 1.25. The van der Waals surface area contributed by atoms with Gasteiger partial charge in [0.05, 0.1) is 5.69 Å². The van der Waals surface area contributed by atoms with Crippen molar-refractivity contribution in [1.82, 2.24) is 9.78 Å². The number of nitrogens with one attached hydrogen (secondary N) is 1. The Balaban J connectivity index is 2.13. The molecule has 0 aliphatic carbocycles. The fourth-order valence-electron chi connectivity index (χ4n) is 1.28. The quantitative estimate of drug-likeness (QED) is 0.826. The smallest absolute Gasteiger partial charge is 0.306 e. The molecule has 0 saturated heterocycles. The van der Waals surface area contributed by atoms with Gasteiger partial charge in [0, 0.05) is 16.9 Å². The maximum Gasteiger partial charge on any atom is 0.346 e. The number of aryl methyl sites for hydroxylation is 1. The van der Waals surface area contributed by atoms with Gasteiger partial charge in [-0.25, -0.2) is 4.79 Å². The third-order valence-corrected chi connectivity index (χ3v) is 2.24. The predicted octanol–water partition coefficient (Wildman–Crippen LogP) is 2.93. The number of amides is 1. The zero-order chi connectivity index (χ0) is 11.5. The molecule has 0 saturated carbocycles. The molecule has 1 amide bonds. The molecule has 0 atom stereocenters. The molecule has 0 aliphatic heterocycles. The summed E-state index contributed by atoms with van der Waals surface area (Å²) in [5, 5.41) is 7.27. The largest absolute Gasteiger partial charge is 0.346 e. The van der Waals surface area contributed by atoms with Crippen LogP contribution in [0.3, 0.4) is 0 Å². The zero-order valence-corrected chi connectivity index (χ0v) is 9.40. The lowest BCUT2D eigenvalue weighted by atomic mass is 10.3. The van der Waals surface area contributed by atoms with Crippen molar-refractivity contribution in [3.63, 3.8) is 0 Å². The first-order valence-electron chi connectivity index (χ1n) is 4.74. The summed E-state index contributed by atoms with van der Waals surface area (Å²) in [6, 6.07) is 8.41. The van der Waals surface area contributed by atoms with Crippen molar-refractivity contribution < 1.29 is 4.79 Å². The van der Waals surface area contributed by atoms with Crippen LogP contribution in [0.25, 0.3) is 0 Å². The van der Waals surface area contributed by atoms with Crippen LogP contribution < -0.4 is 5.32 Å². The maximum atomic E-state index is 11.7. The molecular weight excluding hydrogens is 226 g/mol. The summed E-state index contributed by atoms with van der Waals surface area (Å²) in [7, 11) is 0. The summed E-state index contributed by atoms with van der Waals surface area (Å²) >= 11 is 5.80. The lowest BCUT2D eigenvalue weighted by Gasteiger charge is -2.04. The SMILES string of the molecule is Cc1ccn(C(=O)Nc2cccc(Cl)c2)n1. The van der Waals surface area contributed by atoms with Crippen molar-refractivity contribution in [1.29, 1.82) is 0 Å². The molecule has 1 N–H and O–H groups in total. The van der Waals surface area contributed by atoms with Crippen LogP contribution in [0.15, 0.2) is 36.5 Å². The first-order chi connectivity index (χ1) is 7.65. The van der Waals surface area contributed by atoms with Crippen LogP contribution in [-0.4, -0.2) is 15.8 Å². The lowest BCUT2D eigenvalue weighted by molar-refractivity contribution is 0.251. The van der Waals surface area contributed by atoms with E-state index in [1.54, 1.807) is 36.5 Å². The molecule has 0 spiro atoms. The van der Waals surface area contributed by atoms with E-state index < -0.39 is 0 Å². The number of hydrogen-bond acceptors (Lipinski definition) is 2. The van der Waals surface area contributed by atoms with Crippen molar-refractivity contribution in [3.05, 3.63) is 47.2 Å². The molecule has 0 fully saturated rings. The van der Waals surface area contributed by atoms with E-state index in [2.05, 4.69) is 10.4 Å². The fourth-order valence-corrected chi connectivity index (χ4v) is 1.47. The number of anilines is 1. The average molecular weight is 236 g/mol. The van der Waals surface area contributed by atoms with Gasteiger partial charge in [0.1, 0.15) is 0 Å². The number of nitrogens with zero attached hydrogens (tertiary/aromatic N) is 2. The van der Waals surface area contributed by atoms with E-state index in [0.29, 0.717) is 10.7 Å². The summed E-state index contributed by atoms with van der Waals surface area (Å²) in [6.45, 7) is 1.82. The Hall–Kier alpha value is -1.81. The van der Waals surface area contributed by atoms with Gasteiger partial charge in [0.2, 0.25) is 0 Å². The highest BCUT2D eigenvalue weighted by molar-refractivity contribution is 6.30. The molecule has 1 aromatic carbocycles. The van der Waals surface area contributed by atoms with Crippen LogP contribution in [-0.2, 0) is 0 Å². The summed E-state index contributed by atoms with van der Waals surface area (Å²) in [4.78, 5) is 11.7. The Kier molecular flexibility index (Phi) is 2.92. The molecular formula is C11H10ClN3O. The number of carbonyl (C=O) groups excluding carboxylic acids is 1. The molecule has 82 valence electrons. The number of rotatable bonds is 1. The van der Waals surface area contributed by atoms with Crippen molar-refractivity contribution in [2.75, 3.05) is 5.32 Å². The lowest BCUT2D eigenvalue weighted by Crippen LogP contribution is -2.19. The molecule has 4 nitrogen and oxygen atoms in total. The molecule has 2 aromatic rings. The monoisotopic (exact) mass is 235 g/mol. The van der Waals surface area contributed by atoms with E-state index >= 15 is 0 Å². The third-order valence-electron chi connectivity index (χ3n) is 2.01. The summed E-state index contributed by atoms with van der Waals surface area (Å²) in [6.07, 6.45) is 1.61. The normalized spacial score (nSPS) is 10.1. The van der Waals surface area contributed by atoms with E-state index in [1.807, 2.05) is 6.92 Å². The summed E-state index contributed by atoms with van der Waals surface area (Å²) in [5.41, 5.74) is 1.44. The molecule has 2 rings (SSSR count). The van der Waals surface area contributed by atoms with Gasteiger partial charge >= 0.3 is 6.03 Å². The highest BCUT2D eigenvalue weighted by Crippen LogP contribution is 2.14. The molecule has 5 heteroatoms. The molecule has 0 aliphatic rings. The molecule has 0 radical (unpaired) electrons. The Bertz CT molecular complexity index is 521. The molecule has 0 unspecified atom stereocenters. The van der Waals surface area contributed by atoms with E-state index in [4.69, 9.17) is 11.6 Å². The summed E-state index contributed by atoms with van der Waals surface area (Å²) in [5.74, 6) is 0. The zero-order valence-electron chi connectivity index (χ0n) is 8.64. The molecule has 1 aromatic heterocycles. The minimum absolute atomic E-state index is 0.310. The van der Waals surface area contributed by atoms with Gasteiger partial charge in [-0.1, -0.05) is 17.7 Å². The predicted molar refractivity (Wildman–Crippen MR) is 62.8 cm³/mol. The first-order valence-corrected chi connectivity index (χ1v) is 5.12. The third kappa shape index (κ3) is 2.41. The van der Waals surface area contributed by atoms with Gasteiger partial charge in [-0.3, -0.25) is 0 Å². The van der Waals surface area contributed by atoms with E-state index in [0.717, 1.165) is 5.69 Å². The fraction of sp³-hybridized carbons (Fsp3) is 0.0909. The Morgan fingerprint density at radius 3 is 2.88 bits per heavy atom. The maximum absolute atomic E-state index is 11.7. The van der Waals surface area contributed by atoms with Crippen LogP contribution in [0.1, 0.15) is 5.69 Å². The van der Waals surface area contributed by atoms with E-state index in [1.165, 1.54) is 4.68 Å². The van der Waals surface area contributed by atoms with Crippen LogP contribution >= 0.6 is 11.6 Å². The van der Waals surface area contributed by atoms with Crippen molar-refractivity contribution in [2.45, 2.75) is 6.92 Å². The van der Waals surface area contributed by atoms with Gasteiger partial charge in [-0.15, -0.1) is 0 Å². The number of carbonyl (C=O) groups is 1. The van der Waals surface area contributed by atoms with Gasteiger partial charge in [0.15, 0.2) is 0 Å². The average Bonchev–Trinajstić information content (AvgIpc) is 2.65. The second-order valence-electron chi connectivity index (χ2n) is 3.34. The Morgan fingerprint density at radius 1 is 1.44 bits per heavy atom. The minimum atomic E-state index is -0.310. The van der Waals surface area contributed by atoms with Crippen LogP contribution in [0.4, 0.5) is 10.5 Å². The first kappa shape index (κ1) is 10.7. The van der Waals surface area contributed by atoms with Crippen molar-refractivity contribution in [3.8, 4) is 0 Å². The number of hydrogen-bond donors (Lipinski definition) is 1. The standard InChI is InChI=1S/C11H10ClN3O/c1-8-5-6-15(14-8)11(16)13-10-4-2-3-9(12)7-10/h2-7H,1H3,(H,13,16). The number of aromatic nitrogens is 2. The molecule has 1 heterocycles. The highest BCUT2D eigenvalue weighted by atomic mass is 35.5. The van der Waals surface area contributed by atoms with Crippen LogP contribution in [0, 0.1) is 6.92 Å². The van der Waals surface area contributed by atoms with Crippen molar-refractivity contribution >= 4 is 23.3 Å².